The summed E-state index contributed by atoms with van der Waals surface area (Å²) in [4.78, 5) is 19.1. The molecule has 0 spiro atoms. The number of pyridine rings is 3. The minimum atomic E-state index is -0.385. The van der Waals surface area contributed by atoms with E-state index in [0.29, 0.717) is 40.6 Å². The van der Waals surface area contributed by atoms with Gasteiger partial charge in [-0.2, -0.15) is 5.10 Å². The predicted octanol–water partition coefficient (Wildman–Crippen LogP) is 5.32. The van der Waals surface area contributed by atoms with Gasteiger partial charge in [-0.3, -0.25) is 15.1 Å². The molecule has 0 atom stereocenters. The molecule has 196 valence electrons. The molecule has 0 fully saturated rings. The Kier molecular flexibility index (Phi) is 6.37. The summed E-state index contributed by atoms with van der Waals surface area (Å²) in [5.74, 6) is 0.730. The van der Waals surface area contributed by atoms with Crippen LogP contribution >= 0.6 is 0 Å². The van der Waals surface area contributed by atoms with Gasteiger partial charge in [0.2, 0.25) is 0 Å². The van der Waals surface area contributed by atoms with Crippen LogP contribution in [0, 0.1) is 5.82 Å². The summed E-state index contributed by atoms with van der Waals surface area (Å²) in [5.41, 5.74) is 6.63. The van der Waals surface area contributed by atoms with E-state index in [1.165, 1.54) is 12.1 Å². The van der Waals surface area contributed by atoms with Crippen LogP contribution in [0.15, 0.2) is 67.1 Å². The number of nitrogens with zero attached hydrogens (tertiary/aromatic N) is 5. The van der Waals surface area contributed by atoms with Crippen molar-refractivity contribution in [2.24, 2.45) is 0 Å². The second-order valence-electron chi connectivity index (χ2n) is 9.41. The van der Waals surface area contributed by atoms with Crippen molar-refractivity contribution < 1.29 is 13.9 Å². The molecule has 0 amide bonds. The van der Waals surface area contributed by atoms with Gasteiger partial charge in [-0.15, -0.1) is 0 Å². The zero-order valence-electron chi connectivity index (χ0n) is 21.7. The van der Waals surface area contributed by atoms with E-state index in [2.05, 4.69) is 25.1 Å². The van der Waals surface area contributed by atoms with E-state index < -0.39 is 0 Å². The minimum Gasteiger partial charge on any atom is -0.495 e. The standard InChI is InChI=1S/C29H26FN7O2/c1-37(2)8-9-39-20-11-17(10-19(30)13-20)27-22-14-26(33-24(22)6-7-32-27)29-28-25(35-36-29)5-4-23(34-28)18-12-21(38-3)16-31-15-18/h4-7,10-16,33H,8-9H2,1-3H3,(H,35,36). The number of likely N-dealkylation sites (N-methyl/N-ethyl adjacent to an activating group) is 1. The molecule has 5 aromatic heterocycles. The fourth-order valence-corrected chi connectivity index (χ4v) is 4.46. The second-order valence-corrected chi connectivity index (χ2v) is 9.41. The Morgan fingerprint density at radius 1 is 0.923 bits per heavy atom. The summed E-state index contributed by atoms with van der Waals surface area (Å²) in [6, 6.07) is 14.3. The van der Waals surface area contributed by atoms with Crippen molar-refractivity contribution in [2.45, 2.75) is 0 Å². The van der Waals surface area contributed by atoms with Gasteiger partial charge in [-0.1, -0.05) is 0 Å². The monoisotopic (exact) mass is 523 g/mol. The van der Waals surface area contributed by atoms with Crippen molar-refractivity contribution in [2.75, 3.05) is 34.4 Å². The van der Waals surface area contributed by atoms with E-state index in [1.807, 2.05) is 55.4 Å². The molecule has 0 radical (unpaired) electrons. The van der Waals surface area contributed by atoms with Gasteiger partial charge in [0.1, 0.15) is 35.1 Å². The van der Waals surface area contributed by atoms with Crippen molar-refractivity contribution in [3.63, 3.8) is 0 Å². The molecule has 6 rings (SSSR count). The van der Waals surface area contributed by atoms with Crippen molar-refractivity contribution in [1.82, 2.24) is 35.0 Å². The number of fused-ring (bicyclic) bond motifs is 2. The molecule has 10 heteroatoms. The molecule has 0 saturated carbocycles. The molecule has 1 aromatic carbocycles. The van der Waals surface area contributed by atoms with Crippen LogP contribution in [0.5, 0.6) is 11.5 Å². The van der Waals surface area contributed by atoms with Crippen LogP contribution in [-0.2, 0) is 0 Å². The van der Waals surface area contributed by atoms with Gasteiger partial charge in [0.15, 0.2) is 0 Å². The van der Waals surface area contributed by atoms with Crippen LogP contribution < -0.4 is 9.47 Å². The number of aromatic amines is 2. The Hall–Kier alpha value is -4.83. The number of aromatic nitrogens is 6. The predicted molar refractivity (Wildman–Crippen MR) is 148 cm³/mol. The normalized spacial score (nSPS) is 11.5. The fraction of sp³-hybridized carbons (Fsp3) is 0.172. The SMILES string of the molecule is COc1cncc(-c2ccc3[nH]nc(-c4cc5c(-c6cc(F)cc(OCCN(C)C)c6)nccc5[nH]4)c3n2)c1. The number of hydrogen-bond acceptors (Lipinski definition) is 7. The first-order valence-electron chi connectivity index (χ1n) is 12.4. The highest BCUT2D eigenvalue weighted by Crippen LogP contribution is 2.34. The molecule has 2 N–H and O–H groups in total. The summed E-state index contributed by atoms with van der Waals surface area (Å²) in [6.07, 6.45) is 5.10. The summed E-state index contributed by atoms with van der Waals surface area (Å²) < 4.78 is 25.7. The van der Waals surface area contributed by atoms with Gasteiger partial charge >= 0.3 is 0 Å². The highest BCUT2D eigenvalue weighted by atomic mass is 19.1. The highest BCUT2D eigenvalue weighted by molar-refractivity contribution is 5.99. The Morgan fingerprint density at radius 2 is 1.79 bits per heavy atom. The third-order valence-corrected chi connectivity index (χ3v) is 6.41. The van der Waals surface area contributed by atoms with Gasteiger partial charge < -0.3 is 19.4 Å². The van der Waals surface area contributed by atoms with Crippen molar-refractivity contribution in [3.8, 4) is 45.4 Å². The largest absolute Gasteiger partial charge is 0.495 e. The summed E-state index contributed by atoms with van der Waals surface area (Å²) in [5, 5.41) is 8.44. The summed E-state index contributed by atoms with van der Waals surface area (Å²) in [6.45, 7) is 1.18. The van der Waals surface area contributed by atoms with Crippen LogP contribution in [0.1, 0.15) is 0 Å². The van der Waals surface area contributed by atoms with Crippen LogP contribution in [0.25, 0.3) is 55.8 Å². The highest BCUT2D eigenvalue weighted by Gasteiger charge is 2.17. The number of H-pyrrole nitrogens is 2. The first-order valence-corrected chi connectivity index (χ1v) is 12.4. The van der Waals surface area contributed by atoms with E-state index in [4.69, 9.17) is 14.5 Å². The average molecular weight is 524 g/mol. The first-order chi connectivity index (χ1) is 19.0. The minimum absolute atomic E-state index is 0.385. The lowest BCUT2D eigenvalue weighted by Gasteiger charge is -2.12. The average Bonchev–Trinajstić information content (AvgIpc) is 3.56. The maximum atomic E-state index is 14.6. The molecule has 0 bridgehead atoms. The number of hydrogen-bond donors (Lipinski definition) is 2. The van der Waals surface area contributed by atoms with E-state index in [-0.39, 0.29) is 5.82 Å². The molecule has 0 saturated heterocycles. The van der Waals surface area contributed by atoms with Crippen LogP contribution in [0.2, 0.25) is 0 Å². The molecule has 5 heterocycles. The number of ether oxygens (including phenoxy) is 2. The Balaban J connectivity index is 1.40. The molecule has 39 heavy (non-hydrogen) atoms. The molecule has 0 aliphatic heterocycles. The lowest BCUT2D eigenvalue weighted by molar-refractivity contribution is 0.260. The molecule has 0 unspecified atom stereocenters. The maximum absolute atomic E-state index is 14.6. The Labute approximate surface area is 223 Å². The van der Waals surface area contributed by atoms with Crippen LogP contribution in [-0.4, -0.2) is 69.4 Å². The lowest BCUT2D eigenvalue weighted by atomic mass is 10.1. The maximum Gasteiger partial charge on any atom is 0.137 e. The lowest BCUT2D eigenvalue weighted by Crippen LogP contribution is -2.19. The van der Waals surface area contributed by atoms with Gasteiger partial charge in [0, 0.05) is 47.0 Å². The molecule has 0 aliphatic carbocycles. The van der Waals surface area contributed by atoms with Crippen molar-refractivity contribution in [3.05, 3.63) is 72.9 Å². The van der Waals surface area contributed by atoms with Gasteiger partial charge in [0.25, 0.3) is 0 Å². The van der Waals surface area contributed by atoms with Crippen LogP contribution in [0.4, 0.5) is 4.39 Å². The summed E-state index contributed by atoms with van der Waals surface area (Å²) in [7, 11) is 5.53. The van der Waals surface area contributed by atoms with Crippen LogP contribution in [0.3, 0.4) is 0 Å². The number of nitrogens with one attached hydrogen (secondary N) is 2. The van der Waals surface area contributed by atoms with E-state index in [1.54, 1.807) is 25.7 Å². The quantitative estimate of drug-likeness (QED) is 0.278. The molecule has 9 nitrogen and oxygen atoms in total. The van der Waals surface area contributed by atoms with E-state index >= 15 is 0 Å². The molecular weight excluding hydrogens is 497 g/mol. The topological polar surface area (TPSA) is 105 Å². The first kappa shape index (κ1) is 24.5. The van der Waals surface area contributed by atoms with Gasteiger partial charge in [-0.25, -0.2) is 9.37 Å². The third kappa shape index (κ3) is 4.89. The third-order valence-electron chi connectivity index (χ3n) is 6.41. The van der Waals surface area contributed by atoms with Gasteiger partial charge in [-0.05, 0) is 56.6 Å². The second kappa shape index (κ2) is 10.1. The number of rotatable bonds is 8. The number of methoxy groups -OCH3 is 1. The molecular formula is C29H26FN7O2. The Morgan fingerprint density at radius 3 is 2.64 bits per heavy atom. The Bertz CT molecular complexity index is 1790. The number of benzene rings is 1. The summed E-state index contributed by atoms with van der Waals surface area (Å²) >= 11 is 0. The zero-order chi connectivity index (χ0) is 26.9. The fourth-order valence-electron chi connectivity index (χ4n) is 4.46. The van der Waals surface area contributed by atoms with Crippen molar-refractivity contribution in [1.29, 1.82) is 0 Å². The molecule has 0 aliphatic rings. The smallest absolute Gasteiger partial charge is 0.137 e. The van der Waals surface area contributed by atoms with E-state index in [9.17, 15) is 4.39 Å². The van der Waals surface area contributed by atoms with E-state index in [0.717, 1.165) is 39.9 Å². The zero-order valence-corrected chi connectivity index (χ0v) is 21.7. The van der Waals surface area contributed by atoms with Crippen molar-refractivity contribution >= 4 is 21.9 Å². The molecule has 6 aromatic rings. The number of halogens is 1. The van der Waals surface area contributed by atoms with Gasteiger partial charge in [0.05, 0.1) is 35.9 Å².